The molecule has 0 amide bonds. The van der Waals surface area contributed by atoms with Crippen LogP contribution in [-0.4, -0.2) is 35.6 Å². The van der Waals surface area contributed by atoms with Gasteiger partial charge in [0.05, 0.1) is 29.8 Å². The molecule has 5 nitrogen and oxygen atoms in total. The summed E-state index contributed by atoms with van der Waals surface area (Å²) in [5.41, 5.74) is 3.10. The smallest absolute Gasteiger partial charge is 0.137 e. The van der Waals surface area contributed by atoms with Gasteiger partial charge in [0.15, 0.2) is 0 Å². The number of para-hydroxylation sites is 1. The van der Waals surface area contributed by atoms with Crippen molar-refractivity contribution in [2.45, 2.75) is 24.9 Å². The van der Waals surface area contributed by atoms with E-state index in [0.29, 0.717) is 13.0 Å². The molecule has 0 saturated carbocycles. The van der Waals surface area contributed by atoms with E-state index in [9.17, 15) is 5.11 Å². The number of nitriles is 1. The Morgan fingerprint density at radius 1 is 1.27 bits per heavy atom. The highest BCUT2D eigenvalue weighted by atomic mass is 16.6. The van der Waals surface area contributed by atoms with Crippen LogP contribution in [0.5, 0.6) is 0 Å². The van der Waals surface area contributed by atoms with Crippen LogP contribution in [0.25, 0.3) is 27.9 Å². The minimum absolute atomic E-state index is 0.243. The zero-order valence-corrected chi connectivity index (χ0v) is 14.5. The van der Waals surface area contributed by atoms with Crippen LogP contribution >= 0.6 is 0 Å². The van der Waals surface area contributed by atoms with Crippen molar-refractivity contribution in [3.8, 4) is 6.07 Å². The molecule has 3 aromatic rings. The Hall–Kier alpha value is -2.65. The lowest BCUT2D eigenvalue weighted by atomic mass is 10.1. The predicted molar refractivity (Wildman–Crippen MR) is 101 cm³/mol. The molecule has 1 fully saturated rings. The number of hydrogen-bond acceptors (Lipinski definition) is 4. The standard InChI is InChI=1S/C21H20N2O3/c1-25-13-20-19(24)12-21(26-20)23-17-7-3-2-6-15(17)16-11-14(5-4-10-22)8-9-18(16)23/h2-9,11,19-21,24H,12-13H2,1H3/b5-4+/t19-,20-,21-/m1/s1. The maximum absolute atomic E-state index is 10.3. The number of aromatic nitrogens is 1. The molecule has 1 N–H and O–H groups in total. The molecule has 3 atom stereocenters. The zero-order chi connectivity index (χ0) is 18.1. The average molecular weight is 348 g/mol. The number of aliphatic hydroxyl groups is 1. The van der Waals surface area contributed by atoms with Crippen molar-refractivity contribution in [1.82, 2.24) is 4.57 Å². The van der Waals surface area contributed by atoms with Gasteiger partial charge in [-0.15, -0.1) is 0 Å². The van der Waals surface area contributed by atoms with E-state index in [0.717, 1.165) is 27.4 Å². The molecule has 0 spiro atoms. The molecule has 0 radical (unpaired) electrons. The second-order valence-corrected chi connectivity index (χ2v) is 6.51. The van der Waals surface area contributed by atoms with Crippen molar-refractivity contribution in [1.29, 1.82) is 5.26 Å². The number of allylic oxidation sites excluding steroid dienone is 1. The highest BCUT2D eigenvalue weighted by Crippen LogP contribution is 2.38. The first-order valence-electron chi connectivity index (χ1n) is 8.64. The van der Waals surface area contributed by atoms with Crippen LogP contribution < -0.4 is 0 Å². The fourth-order valence-electron chi connectivity index (χ4n) is 3.76. The van der Waals surface area contributed by atoms with Crippen molar-refractivity contribution in [2.24, 2.45) is 0 Å². The molecule has 26 heavy (non-hydrogen) atoms. The first kappa shape index (κ1) is 16.8. The SMILES string of the molecule is COC[C@H]1O[C@@H](n2c3ccccc3c3cc(/C=C/C#N)ccc32)C[C@H]1O. The number of hydrogen-bond donors (Lipinski definition) is 1. The van der Waals surface area contributed by atoms with Crippen molar-refractivity contribution in [3.63, 3.8) is 0 Å². The average Bonchev–Trinajstić information content (AvgIpc) is 3.18. The first-order valence-corrected chi connectivity index (χ1v) is 8.64. The third-order valence-corrected chi connectivity index (χ3v) is 4.91. The van der Waals surface area contributed by atoms with E-state index in [2.05, 4.69) is 22.8 Å². The van der Waals surface area contributed by atoms with Crippen LogP contribution in [0, 0.1) is 11.3 Å². The van der Waals surface area contributed by atoms with Gasteiger partial charge in [0.1, 0.15) is 12.3 Å². The molecule has 4 rings (SSSR count). The number of aliphatic hydroxyl groups excluding tert-OH is 1. The molecule has 2 heterocycles. The Kier molecular flexibility index (Phi) is 4.48. The Balaban J connectivity index is 1.86. The molecule has 1 saturated heterocycles. The summed E-state index contributed by atoms with van der Waals surface area (Å²) in [5, 5.41) is 21.3. The second kappa shape index (κ2) is 6.93. The van der Waals surface area contributed by atoms with E-state index in [4.69, 9.17) is 14.7 Å². The fraction of sp³-hybridized carbons (Fsp3) is 0.286. The Bertz CT molecular complexity index is 1020. The molecule has 2 aromatic carbocycles. The molecule has 0 aliphatic carbocycles. The van der Waals surface area contributed by atoms with Gasteiger partial charge in [-0.2, -0.15) is 5.26 Å². The van der Waals surface area contributed by atoms with Gasteiger partial charge in [-0.25, -0.2) is 0 Å². The number of nitrogens with zero attached hydrogens (tertiary/aromatic N) is 2. The van der Waals surface area contributed by atoms with Crippen LogP contribution in [0.4, 0.5) is 0 Å². The number of benzene rings is 2. The highest BCUT2D eigenvalue weighted by molar-refractivity contribution is 6.08. The first-order chi connectivity index (χ1) is 12.7. The lowest BCUT2D eigenvalue weighted by Crippen LogP contribution is -2.25. The summed E-state index contributed by atoms with van der Waals surface area (Å²) in [7, 11) is 1.61. The second-order valence-electron chi connectivity index (χ2n) is 6.51. The van der Waals surface area contributed by atoms with E-state index in [-0.39, 0.29) is 12.3 Å². The molecule has 5 heteroatoms. The van der Waals surface area contributed by atoms with Gasteiger partial charge in [-0.05, 0) is 29.8 Å². The minimum Gasteiger partial charge on any atom is -0.390 e. The van der Waals surface area contributed by atoms with Crippen molar-refractivity contribution >= 4 is 27.9 Å². The van der Waals surface area contributed by atoms with Gasteiger partial charge in [-0.1, -0.05) is 24.3 Å². The van der Waals surface area contributed by atoms with Gasteiger partial charge < -0.3 is 19.1 Å². The van der Waals surface area contributed by atoms with Gasteiger partial charge in [-0.3, -0.25) is 0 Å². The topological polar surface area (TPSA) is 67.4 Å². The maximum atomic E-state index is 10.3. The number of methoxy groups -OCH3 is 1. The normalized spacial score (nSPS) is 23.2. The molecule has 0 unspecified atom stereocenters. The largest absolute Gasteiger partial charge is 0.390 e. The lowest BCUT2D eigenvalue weighted by molar-refractivity contribution is -0.0508. The van der Waals surface area contributed by atoms with Crippen molar-refractivity contribution in [2.75, 3.05) is 13.7 Å². The summed E-state index contributed by atoms with van der Waals surface area (Å²) in [5.74, 6) is 0. The Morgan fingerprint density at radius 2 is 2.08 bits per heavy atom. The molecular formula is C21H20N2O3. The fourth-order valence-corrected chi connectivity index (χ4v) is 3.76. The van der Waals surface area contributed by atoms with Crippen LogP contribution in [0.1, 0.15) is 18.2 Å². The number of ether oxygens (including phenoxy) is 2. The van der Waals surface area contributed by atoms with E-state index in [1.807, 2.05) is 30.3 Å². The van der Waals surface area contributed by atoms with Gasteiger partial charge in [0, 0.05) is 30.4 Å². The molecular weight excluding hydrogens is 328 g/mol. The van der Waals surface area contributed by atoms with Gasteiger partial charge >= 0.3 is 0 Å². The Labute approximate surface area is 151 Å². The monoisotopic (exact) mass is 348 g/mol. The summed E-state index contributed by atoms with van der Waals surface area (Å²) < 4.78 is 13.4. The van der Waals surface area contributed by atoms with E-state index >= 15 is 0 Å². The van der Waals surface area contributed by atoms with Gasteiger partial charge in [0.2, 0.25) is 0 Å². The third kappa shape index (κ3) is 2.78. The molecule has 1 aliphatic rings. The van der Waals surface area contributed by atoms with Crippen LogP contribution in [0.3, 0.4) is 0 Å². The van der Waals surface area contributed by atoms with Crippen LogP contribution in [0.15, 0.2) is 48.5 Å². The number of fused-ring (bicyclic) bond motifs is 3. The maximum Gasteiger partial charge on any atom is 0.137 e. The predicted octanol–water partition coefficient (Wildman–Crippen LogP) is 3.63. The molecule has 0 bridgehead atoms. The molecule has 1 aliphatic heterocycles. The summed E-state index contributed by atoms with van der Waals surface area (Å²) in [6.45, 7) is 0.373. The van der Waals surface area contributed by atoms with E-state index in [1.54, 1.807) is 13.2 Å². The van der Waals surface area contributed by atoms with E-state index < -0.39 is 6.10 Å². The molecule has 1 aromatic heterocycles. The van der Waals surface area contributed by atoms with Crippen molar-refractivity contribution < 1.29 is 14.6 Å². The van der Waals surface area contributed by atoms with Gasteiger partial charge in [0.25, 0.3) is 0 Å². The lowest BCUT2D eigenvalue weighted by Gasteiger charge is -2.17. The summed E-state index contributed by atoms with van der Waals surface area (Å²) >= 11 is 0. The van der Waals surface area contributed by atoms with Crippen LogP contribution in [-0.2, 0) is 9.47 Å². The third-order valence-electron chi connectivity index (χ3n) is 4.91. The van der Waals surface area contributed by atoms with Crippen LogP contribution in [0.2, 0.25) is 0 Å². The zero-order valence-electron chi connectivity index (χ0n) is 14.5. The quantitative estimate of drug-likeness (QED) is 0.731. The summed E-state index contributed by atoms with van der Waals surface area (Å²) in [4.78, 5) is 0. The summed E-state index contributed by atoms with van der Waals surface area (Å²) in [6, 6.07) is 16.3. The highest BCUT2D eigenvalue weighted by Gasteiger charge is 2.36. The summed E-state index contributed by atoms with van der Waals surface area (Å²) in [6.07, 6.45) is 2.70. The van der Waals surface area contributed by atoms with E-state index in [1.165, 1.54) is 6.08 Å². The number of rotatable bonds is 4. The molecule has 132 valence electrons. The minimum atomic E-state index is -0.547. The van der Waals surface area contributed by atoms with Crippen molar-refractivity contribution in [3.05, 3.63) is 54.1 Å². The Morgan fingerprint density at radius 3 is 2.88 bits per heavy atom.